The van der Waals surface area contributed by atoms with Gasteiger partial charge in [-0.25, -0.2) is 22.4 Å². The summed E-state index contributed by atoms with van der Waals surface area (Å²) in [5.41, 5.74) is 1.80. The van der Waals surface area contributed by atoms with Crippen molar-refractivity contribution in [2.45, 2.75) is 18.9 Å². The van der Waals surface area contributed by atoms with Gasteiger partial charge in [0.2, 0.25) is 0 Å². The van der Waals surface area contributed by atoms with Gasteiger partial charge in [-0.1, -0.05) is 0 Å². The molecule has 1 atom stereocenters. The van der Waals surface area contributed by atoms with E-state index in [-0.39, 0.29) is 17.2 Å². The summed E-state index contributed by atoms with van der Waals surface area (Å²) >= 11 is 0. The molecule has 9 heteroatoms. The molecule has 1 unspecified atom stereocenters. The van der Waals surface area contributed by atoms with Gasteiger partial charge in [-0.3, -0.25) is 10.2 Å². The Balaban J connectivity index is 1.87. The largest absolute Gasteiger partial charge is 0.394 e. The molecule has 1 fully saturated rings. The number of benzene rings is 2. The minimum absolute atomic E-state index is 0.00937. The van der Waals surface area contributed by atoms with Crippen LogP contribution < -0.4 is 5.43 Å². The lowest BCUT2D eigenvalue weighted by atomic mass is 10.2. The number of amides is 1. The standard InChI is InChI=1S/C18H16F4N2O3/c19-12-4-6-16(15(22)8-12)23-24(27-17(9-25)10-1-2-10)18(26)11-3-5-13(20)14(21)7-11/h3-8,10,17,23,25H,1-2,9H2. The highest BCUT2D eigenvalue weighted by atomic mass is 19.2. The predicted molar refractivity (Wildman–Crippen MR) is 87.2 cm³/mol. The van der Waals surface area contributed by atoms with Gasteiger partial charge < -0.3 is 5.11 Å². The zero-order chi connectivity index (χ0) is 19.6. The van der Waals surface area contributed by atoms with Crippen molar-refractivity contribution in [1.29, 1.82) is 0 Å². The van der Waals surface area contributed by atoms with Crippen LogP contribution in [0.2, 0.25) is 0 Å². The van der Waals surface area contributed by atoms with E-state index in [1.54, 1.807) is 0 Å². The molecule has 5 nitrogen and oxygen atoms in total. The third kappa shape index (κ3) is 4.55. The molecule has 1 saturated carbocycles. The molecule has 0 aromatic heterocycles. The summed E-state index contributed by atoms with van der Waals surface area (Å²) in [7, 11) is 0. The Hall–Kier alpha value is -2.65. The Labute approximate surface area is 152 Å². The molecule has 27 heavy (non-hydrogen) atoms. The number of carbonyl (C=O) groups is 1. The Morgan fingerprint density at radius 3 is 2.44 bits per heavy atom. The summed E-state index contributed by atoms with van der Waals surface area (Å²) < 4.78 is 53.6. The van der Waals surface area contributed by atoms with Crippen LogP contribution in [-0.2, 0) is 4.84 Å². The van der Waals surface area contributed by atoms with Crippen LogP contribution in [0, 0.1) is 29.2 Å². The summed E-state index contributed by atoms with van der Waals surface area (Å²) in [6, 6.07) is 5.09. The smallest absolute Gasteiger partial charge is 0.297 e. The second kappa shape index (κ2) is 7.93. The average Bonchev–Trinajstić information content (AvgIpc) is 3.47. The fourth-order valence-electron chi connectivity index (χ4n) is 2.43. The molecule has 0 aliphatic heterocycles. The number of halogens is 4. The average molecular weight is 384 g/mol. The molecular weight excluding hydrogens is 368 g/mol. The van der Waals surface area contributed by atoms with Gasteiger partial charge in [-0.15, -0.1) is 5.17 Å². The van der Waals surface area contributed by atoms with Crippen LogP contribution in [0.5, 0.6) is 0 Å². The molecule has 2 N–H and O–H groups in total. The fraction of sp³-hybridized carbons (Fsp3) is 0.278. The highest BCUT2D eigenvalue weighted by Gasteiger charge is 2.35. The number of aliphatic hydroxyl groups excluding tert-OH is 1. The first kappa shape index (κ1) is 19.1. The molecule has 3 rings (SSSR count). The van der Waals surface area contributed by atoms with Gasteiger partial charge in [0, 0.05) is 11.6 Å². The van der Waals surface area contributed by atoms with E-state index in [9.17, 15) is 27.5 Å². The van der Waals surface area contributed by atoms with E-state index in [2.05, 4.69) is 5.43 Å². The maximum atomic E-state index is 13.9. The van der Waals surface area contributed by atoms with Crippen LogP contribution in [0.15, 0.2) is 36.4 Å². The van der Waals surface area contributed by atoms with Crippen LogP contribution in [-0.4, -0.2) is 28.9 Å². The summed E-state index contributed by atoms with van der Waals surface area (Å²) in [6.45, 7) is -0.403. The Morgan fingerprint density at radius 1 is 1.11 bits per heavy atom. The fourth-order valence-corrected chi connectivity index (χ4v) is 2.43. The maximum Gasteiger partial charge on any atom is 0.297 e. The topological polar surface area (TPSA) is 61.8 Å². The summed E-state index contributed by atoms with van der Waals surface area (Å²) in [4.78, 5) is 18.1. The molecule has 0 spiro atoms. The summed E-state index contributed by atoms with van der Waals surface area (Å²) in [5, 5.41) is 9.98. The second-order valence-corrected chi connectivity index (χ2v) is 6.13. The Bertz CT molecular complexity index is 845. The van der Waals surface area contributed by atoms with Crippen molar-refractivity contribution >= 4 is 11.6 Å². The van der Waals surface area contributed by atoms with E-state index in [0.717, 1.165) is 37.1 Å². The van der Waals surface area contributed by atoms with Crippen molar-refractivity contribution in [3.63, 3.8) is 0 Å². The summed E-state index contributed by atoms with van der Waals surface area (Å²) in [5.74, 6) is -5.12. The third-order valence-corrected chi connectivity index (χ3v) is 4.07. The van der Waals surface area contributed by atoms with Crippen LogP contribution >= 0.6 is 0 Å². The highest BCUT2D eigenvalue weighted by molar-refractivity contribution is 5.94. The second-order valence-electron chi connectivity index (χ2n) is 6.13. The van der Waals surface area contributed by atoms with Gasteiger partial charge in [-0.2, -0.15) is 0 Å². The SMILES string of the molecule is O=C(c1ccc(F)c(F)c1)N(Nc1ccc(F)cc1F)OC(CO)C1CC1. The van der Waals surface area contributed by atoms with Gasteiger partial charge in [0.15, 0.2) is 17.5 Å². The Morgan fingerprint density at radius 2 is 1.85 bits per heavy atom. The molecular formula is C18H16F4N2O3. The van der Waals surface area contributed by atoms with E-state index >= 15 is 0 Å². The first-order valence-electron chi connectivity index (χ1n) is 8.18. The van der Waals surface area contributed by atoms with Crippen molar-refractivity contribution < 1.29 is 32.3 Å². The quantitative estimate of drug-likeness (QED) is 0.567. The van der Waals surface area contributed by atoms with Crippen LogP contribution in [0.3, 0.4) is 0 Å². The molecule has 0 heterocycles. The van der Waals surface area contributed by atoms with E-state index in [0.29, 0.717) is 17.3 Å². The normalized spacial score (nSPS) is 14.7. The zero-order valence-corrected chi connectivity index (χ0v) is 14.0. The number of hydrogen-bond acceptors (Lipinski definition) is 4. The lowest BCUT2D eigenvalue weighted by molar-refractivity contribution is -0.167. The van der Waals surface area contributed by atoms with E-state index in [1.165, 1.54) is 0 Å². The number of nitrogens with zero attached hydrogens (tertiary/aromatic N) is 1. The first-order valence-corrected chi connectivity index (χ1v) is 8.18. The summed E-state index contributed by atoms with van der Waals surface area (Å²) in [6.07, 6.45) is 0.808. The number of rotatable bonds is 7. The van der Waals surface area contributed by atoms with Crippen LogP contribution in [0.1, 0.15) is 23.2 Å². The molecule has 2 aromatic carbocycles. The van der Waals surface area contributed by atoms with Gasteiger partial charge in [0.05, 0.1) is 12.3 Å². The van der Waals surface area contributed by atoms with Crippen LogP contribution in [0.25, 0.3) is 0 Å². The van der Waals surface area contributed by atoms with Crippen molar-refractivity contribution in [3.8, 4) is 0 Å². The van der Waals surface area contributed by atoms with Gasteiger partial charge in [0.25, 0.3) is 5.91 Å². The Kier molecular flexibility index (Phi) is 5.62. The van der Waals surface area contributed by atoms with Crippen molar-refractivity contribution in [2.24, 2.45) is 5.92 Å². The van der Waals surface area contributed by atoms with E-state index in [1.807, 2.05) is 0 Å². The number of anilines is 1. The number of carbonyl (C=O) groups excluding carboxylic acids is 1. The molecule has 1 aliphatic carbocycles. The molecule has 1 amide bonds. The first-order chi connectivity index (χ1) is 12.9. The number of nitrogens with one attached hydrogen (secondary N) is 1. The van der Waals surface area contributed by atoms with Crippen molar-refractivity contribution in [3.05, 3.63) is 65.2 Å². The highest BCUT2D eigenvalue weighted by Crippen LogP contribution is 2.34. The lowest BCUT2D eigenvalue weighted by Crippen LogP contribution is -2.41. The van der Waals surface area contributed by atoms with Crippen LogP contribution in [0.4, 0.5) is 23.2 Å². The minimum atomic E-state index is -1.24. The zero-order valence-electron chi connectivity index (χ0n) is 14.0. The number of hydrogen-bond donors (Lipinski definition) is 2. The minimum Gasteiger partial charge on any atom is -0.394 e. The number of hydrazine groups is 1. The van der Waals surface area contributed by atoms with E-state index in [4.69, 9.17) is 4.84 Å². The van der Waals surface area contributed by atoms with Crippen molar-refractivity contribution in [2.75, 3.05) is 12.0 Å². The predicted octanol–water partition coefficient (Wildman–Crippen LogP) is 3.41. The van der Waals surface area contributed by atoms with Gasteiger partial charge in [0.1, 0.15) is 11.9 Å². The number of aliphatic hydroxyl groups is 1. The number of hydroxylamine groups is 1. The third-order valence-electron chi connectivity index (χ3n) is 4.07. The molecule has 144 valence electrons. The molecule has 0 bridgehead atoms. The molecule has 2 aromatic rings. The molecule has 0 radical (unpaired) electrons. The maximum absolute atomic E-state index is 13.9. The van der Waals surface area contributed by atoms with Crippen molar-refractivity contribution in [1.82, 2.24) is 5.17 Å². The van der Waals surface area contributed by atoms with Gasteiger partial charge in [-0.05, 0) is 49.1 Å². The van der Waals surface area contributed by atoms with E-state index < -0.39 is 41.9 Å². The lowest BCUT2D eigenvalue weighted by Gasteiger charge is -2.27. The molecule has 0 saturated heterocycles. The monoisotopic (exact) mass is 384 g/mol. The molecule has 1 aliphatic rings. The van der Waals surface area contributed by atoms with Gasteiger partial charge >= 0.3 is 0 Å².